The van der Waals surface area contributed by atoms with E-state index in [0.717, 1.165) is 27.8 Å². The summed E-state index contributed by atoms with van der Waals surface area (Å²) in [5, 5.41) is 5.12. The predicted octanol–water partition coefficient (Wildman–Crippen LogP) is 3.08. The zero-order chi connectivity index (χ0) is 12.9. The molecule has 18 heavy (non-hydrogen) atoms. The largest absolute Gasteiger partial charge is 0.496 e. The minimum Gasteiger partial charge on any atom is -0.496 e. The highest BCUT2D eigenvalue weighted by atomic mass is 16.5. The monoisotopic (exact) mass is 241 g/mol. The number of nitrogens with one attached hydrogen (secondary N) is 1. The maximum Gasteiger partial charge on any atom is 0.234 e. The van der Waals surface area contributed by atoms with E-state index in [0.29, 0.717) is 0 Å². The molecule has 1 N–H and O–H groups in total. The molecule has 1 aliphatic heterocycles. The third-order valence-corrected chi connectivity index (χ3v) is 3.66. The summed E-state index contributed by atoms with van der Waals surface area (Å²) in [6.45, 7) is 3.84. The van der Waals surface area contributed by atoms with Gasteiger partial charge < -0.3 is 10.1 Å². The lowest BCUT2D eigenvalue weighted by Gasteiger charge is -2.18. The molecule has 3 nitrogen and oxygen atoms in total. The van der Waals surface area contributed by atoms with Crippen molar-refractivity contribution in [1.29, 1.82) is 0 Å². The smallest absolute Gasteiger partial charge is 0.234 e. The van der Waals surface area contributed by atoms with Gasteiger partial charge in [0.2, 0.25) is 5.91 Å². The van der Waals surface area contributed by atoms with E-state index < -0.39 is 5.41 Å². The van der Waals surface area contributed by atoms with Crippen LogP contribution in [0.1, 0.15) is 19.4 Å². The quantitative estimate of drug-likeness (QED) is 0.833. The van der Waals surface area contributed by atoms with Crippen molar-refractivity contribution < 1.29 is 9.53 Å². The summed E-state index contributed by atoms with van der Waals surface area (Å²) in [7, 11) is 1.64. The lowest BCUT2D eigenvalue weighted by atomic mass is 9.84. The van der Waals surface area contributed by atoms with Gasteiger partial charge in [0.1, 0.15) is 5.75 Å². The Morgan fingerprint density at radius 1 is 1.22 bits per heavy atom. The second-order valence-electron chi connectivity index (χ2n) is 5.13. The van der Waals surface area contributed by atoms with E-state index in [4.69, 9.17) is 4.74 Å². The van der Waals surface area contributed by atoms with Crippen LogP contribution in [0.2, 0.25) is 0 Å². The summed E-state index contributed by atoms with van der Waals surface area (Å²) in [5.74, 6) is 0.791. The maximum atomic E-state index is 12.1. The van der Waals surface area contributed by atoms with Crippen molar-refractivity contribution in [3.8, 4) is 5.75 Å². The Labute approximate surface area is 106 Å². The molecular formula is C15H15NO2. The van der Waals surface area contributed by atoms with Gasteiger partial charge in [-0.2, -0.15) is 0 Å². The molecule has 0 atom stereocenters. The van der Waals surface area contributed by atoms with Crippen LogP contribution >= 0.6 is 0 Å². The minimum absolute atomic E-state index is 0.0205. The summed E-state index contributed by atoms with van der Waals surface area (Å²) in [4.78, 5) is 12.1. The van der Waals surface area contributed by atoms with Gasteiger partial charge in [-0.05, 0) is 25.3 Å². The van der Waals surface area contributed by atoms with Gasteiger partial charge in [0.15, 0.2) is 0 Å². The molecular weight excluding hydrogens is 226 g/mol. The molecule has 0 saturated carbocycles. The van der Waals surface area contributed by atoms with Gasteiger partial charge in [0, 0.05) is 10.9 Å². The van der Waals surface area contributed by atoms with Crippen LogP contribution in [0.5, 0.6) is 5.75 Å². The molecule has 1 aliphatic rings. The molecule has 92 valence electrons. The fourth-order valence-electron chi connectivity index (χ4n) is 2.62. The second-order valence-corrected chi connectivity index (χ2v) is 5.13. The van der Waals surface area contributed by atoms with Crippen molar-refractivity contribution >= 4 is 22.4 Å². The number of hydrogen-bond donors (Lipinski definition) is 1. The summed E-state index contributed by atoms with van der Waals surface area (Å²) in [5.41, 5.74) is 1.29. The molecule has 0 unspecified atom stereocenters. The number of hydrogen-bond acceptors (Lipinski definition) is 2. The predicted molar refractivity (Wildman–Crippen MR) is 72.2 cm³/mol. The Bertz CT molecular complexity index is 659. The van der Waals surface area contributed by atoms with Crippen molar-refractivity contribution in [2.24, 2.45) is 0 Å². The molecule has 0 fully saturated rings. The number of fused-ring (bicyclic) bond motifs is 3. The lowest BCUT2D eigenvalue weighted by molar-refractivity contribution is -0.119. The standard InChI is InChI=1S/C15H15NO2/c1-15(2)12-11(18-3)8-9-6-4-5-7-10(9)13(12)16-14(15)17/h4-8H,1-3H3,(H,16,17). The second kappa shape index (κ2) is 3.48. The zero-order valence-electron chi connectivity index (χ0n) is 10.7. The number of carbonyl (C=O) groups is 1. The van der Waals surface area contributed by atoms with E-state index in [1.165, 1.54) is 0 Å². The van der Waals surface area contributed by atoms with Crippen LogP contribution in [-0.4, -0.2) is 13.0 Å². The molecule has 1 amide bonds. The Balaban J connectivity index is 2.45. The molecule has 0 aliphatic carbocycles. The minimum atomic E-state index is -0.551. The van der Waals surface area contributed by atoms with E-state index in [9.17, 15) is 4.79 Å². The Morgan fingerprint density at radius 2 is 1.94 bits per heavy atom. The molecule has 0 radical (unpaired) electrons. The van der Waals surface area contributed by atoms with Crippen molar-refractivity contribution in [1.82, 2.24) is 0 Å². The van der Waals surface area contributed by atoms with Gasteiger partial charge in [0.05, 0.1) is 18.2 Å². The topological polar surface area (TPSA) is 38.3 Å². The van der Waals surface area contributed by atoms with Crippen LogP contribution in [0.25, 0.3) is 10.8 Å². The number of amides is 1. The number of rotatable bonds is 1. The number of methoxy groups -OCH3 is 1. The molecule has 3 rings (SSSR count). The first-order chi connectivity index (χ1) is 8.55. The van der Waals surface area contributed by atoms with Crippen LogP contribution in [0.3, 0.4) is 0 Å². The Hall–Kier alpha value is -2.03. The van der Waals surface area contributed by atoms with Gasteiger partial charge in [0.25, 0.3) is 0 Å². The maximum absolute atomic E-state index is 12.1. The van der Waals surface area contributed by atoms with Gasteiger partial charge in [-0.25, -0.2) is 0 Å². The average Bonchev–Trinajstić information content (AvgIpc) is 2.60. The van der Waals surface area contributed by atoms with Gasteiger partial charge in [-0.1, -0.05) is 24.3 Å². The first-order valence-corrected chi connectivity index (χ1v) is 5.97. The molecule has 2 aromatic carbocycles. The van der Waals surface area contributed by atoms with E-state index in [1.54, 1.807) is 7.11 Å². The average molecular weight is 241 g/mol. The molecule has 0 aromatic heterocycles. The summed E-state index contributed by atoms with van der Waals surface area (Å²) < 4.78 is 5.46. The van der Waals surface area contributed by atoms with Crippen LogP contribution < -0.4 is 10.1 Å². The summed E-state index contributed by atoms with van der Waals surface area (Å²) >= 11 is 0. The number of carbonyl (C=O) groups excluding carboxylic acids is 1. The van der Waals surface area contributed by atoms with Gasteiger partial charge >= 0.3 is 0 Å². The first-order valence-electron chi connectivity index (χ1n) is 5.97. The fraction of sp³-hybridized carbons (Fsp3) is 0.267. The van der Waals surface area contributed by atoms with E-state index >= 15 is 0 Å². The molecule has 3 heteroatoms. The highest BCUT2D eigenvalue weighted by molar-refractivity contribution is 6.14. The number of ether oxygens (including phenoxy) is 1. The molecule has 2 aromatic rings. The molecule has 1 heterocycles. The highest BCUT2D eigenvalue weighted by Crippen LogP contribution is 2.47. The third kappa shape index (κ3) is 1.27. The first kappa shape index (κ1) is 11.1. The van der Waals surface area contributed by atoms with Gasteiger partial charge in [-0.3, -0.25) is 4.79 Å². The lowest BCUT2D eigenvalue weighted by Crippen LogP contribution is -2.27. The summed E-state index contributed by atoms with van der Waals surface area (Å²) in [6.07, 6.45) is 0. The van der Waals surface area contributed by atoms with E-state index in [2.05, 4.69) is 5.32 Å². The highest BCUT2D eigenvalue weighted by Gasteiger charge is 2.41. The fourth-order valence-corrected chi connectivity index (χ4v) is 2.62. The zero-order valence-corrected chi connectivity index (χ0v) is 10.7. The van der Waals surface area contributed by atoms with Crippen LogP contribution in [0, 0.1) is 0 Å². The molecule has 0 saturated heterocycles. The Morgan fingerprint density at radius 3 is 2.67 bits per heavy atom. The van der Waals surface area contributed by atoms with Crippen LogP contribution in [0.15, 0.2) is 30.3 Å². The van der Waals surface area contributed by atoms with E-state index in [-0.39, 0.29) is 5.91 Å². The van der Waals surface area contributed by atoms with E-state index in [1.807, 2.05) is 44.2 Å². The summed E-state index contributed by atoms with van der Waals surface area (Å²) in [6, 6.07) is 10.0. The molecule has 0 spiro atoms. The Kier molecular flexibility index (Phi) is 2.14. The normalized spacial score (nSPS) is 16.5. The number of anilines is 1. The van der Waals surface area contributed by atoms with Crippen molar-refractivity contribution in [2.75, 3.05) is 12.4 Å². The third-order valence-electron chi connectivity index (χ3n) is 3.66. The SMILES string of the molecule is COc1cc2ccccc2c2c1C(C)(C)C(=O)N2. The molecule has 0 bridgehead atoms. The van der Waals surface area contributed by atoms with Crippen LogP contribution in [-0.2, 0) is 10.2 Å². The van der Waals surface area contributed by atoms with Crippen molar-refractivity contribution in [2.45, 2.75) is 19.3 Å². The van der Waals surface area contributed by atoms with Gasteiger partial charge in [-0.15, -0.1) is 0 Å². The number of benzene rings is 2. The van der Waals surface area contributed by atoms with Crippen molar-refractivity contribution in [3.05, 3.63) is 35.9 Å². The van der Waals surface area contributed by atoms with Crippen LogP contribution in [0.4, 0.5) is 5.69 Å². The van der Waals surface area contributed by atoms with Crippen molar-refractivity contribution in [3.63, 3.8) is 0 Å².